The Morgan fingerprint density at radius 3 is 2.16 bits per heavy atom. The van der Waals surface area contributed by atoms with Crippen molar-refractivity contribution in [3.05, 3.63) is 48.0 Å². The van der Waals surface area contributed by atoms with Crippen LogP contribution in [-0.4, -0.2) is 40.8 Å². The Balaban J connectivity index is 2.01. The highest BCUT2D eigenvalue weighted by Crippen LogP contribution is 2.34. The minimum atomic E-state index is -0.0804. The number of hydrogen-bond acceptors (Lipinski definition) is 5. The first-order valence-electron chi connectivity index (χ1n) is 7.90. The van der Waals surface area contributed by atoms with Gasteiger partial charge in [-0.3, -0.25) is 4.79 Å². The third-order valence-corrected chi connectivity index (χ3v) is 3.84. The van der Waals surface area contributed by atoms with Gasteiger partial charge in [0, 0.05) is 30.9 Å². The molecule has 134 valence electrons. The molecule has 2 aromatic carbocycles. The molecule has 6 heteroatoms. The fourth-order valence-electron chi connectivity index (χ4n) is 2.47. The first kappa shape index (κ1) is 18.4. The molecule has 0 saturated heterocycles. The van der Waals surface area contributed by atoms with Crippen molar-refractivity contribution in [1.29, 1.82) is 0 Å². The maximum Gasteiger partial charge on any atom is 0.239 e. The topological polar surface area (TPSA) is 60.0 Å². The number of nitrogens with one attached hydrogen (secondary N) is 1. The summed E-state index contributed by atoms with van der Waals surface area (Å²) in [4.78, 5) is 14.1. The minimum Gasteiger partial charge on any atom is -0.496 e. The summed E-state index contributed by atoms with van der Waals surface area (Å²) in [6.45, 7) is 0.602. The van der Waals surface area contributed by atoms with Crippen LogP contribution in [0.15, 0.2) is 42.5 Å². The van der Waals surface area contributed by atoms with Crippen LogP contribution in [0.5, 0.6) is 17.2 Å². The largest absolute Gasteiger partial charge is 0.496 e. The van der Waals surface area contributed by atoms with Gasteiger partial charge in [0.2, 0.25) is 5.91 Å². The summed E-state index contributed by atoms with van der Waals surface area (Å²) in [5, 5.41) is 2.91. The van der Waals surface area contributed by atoms with Crippen LogP contribution in [0, 0.1) is 0 Å². The molecule has 25 heavy (non-hydrogen) atoms. The molecule has 0 fully saturated rings. The molecule has 6 nitrogen and oxygen atoms in total. The lowest BCUT2D eigenvalue weighted by Gasteiger charge is -2.19. The van der Waals surface area contributed by atoms with Crippen LogP contribution in [0.4, 0.5) is 5.69 Å². The quantitative estimate of drug-likeness (QED) is 0.797. The lowest BCUT2D eigenvalue weighted by Crippen LogP contribution is -2.34. The molecular formula is C19H24N2O4. The zero-order valence-corrected chi connectivity index (χ0v) is 15.0. The molecule has 1 N–H and O–H groups in total. The number of amides is 1. The van der Waals surface area contributed by atoms with Crippen molar-refractivity contribution in [3.63, 3.8) is 0 Å². The zero-order chi connectivity index (χ0) is 18.2. The van der Waals surface area contributed by atoms with Gasteiger partial charge in [0.1, 0.15) is 5.75 Å². The third-order valence-electron chi connectivity index (χ3n) is 3.84. The number of carbonyl (C=O) groups excluding carboxylic acids is 1. The first-order chi connectivity index (χ1) is 12.1. The molecule has 0 unspecified atom stereocenters. The van der Waals surface area contributed by atoms with Crippen molar-refractivity contribution in [2.45, 2.75) is 6.54 Å². The van der Waals surface area contributed by atoms with E-state index in [1.165, 1.54) is 0 Å². The Morgan fingerprint density at radius 1 is 0.960 bits per heavy atom. The van der Waals surface area contributed by atoms with E-state index >= 15 is 0 Å². The molecule has 0 aromatic heterocycles. The number of ether oxygens (including phenoxy) is 3. The fourth-order valence-corrected chi connectivity index (χ4v) is 2.47. The lowest BCUT2D eigenvalue weighted by molar-refractivity contribution is -0.119. The molecule has 0 aliphatic heterocycles. The second kappa shape index (κ2) is 8.82. The molecule has 0 radical (unpaired) electrons. The molecule has 0 heterocycles. The SMILES string of the molecule is COc1cc(OC)c(OC)cc1CNC(=O)CN(C)c1ccccc1. The number of methoxy groups -OCH3 is 3. The van der Waals surface area contributed by atoms with Crippen LogP contribution < -0.4 is 24.4 Å². The Labute approximate surface area is 148 Å². The Kier molecular flexibility index (Phi) is 6.51. The van der Waals surface area contributed by atoms with Crippen LogP contribution in [0.25, 0.3) is 0 Å². The van der Waals surface area contributed by atoms with Crippen molar-refractivity contribution in [2.24, 2.45) is 0 Å². The second-order valence-corrected chi connectivity index (χ2v) is 5.49. The smallest absolute Gasteiger partial charge is 0.239 e. The van der Waals surface area contributed by atoms with E-state index in [4.69, 9.17) is 14.2 Å². The van der Waals surface area contributed by atoms with E-state index in [0.717, 1.165) is 11.3 Å². The molecular weight excluding hydrogens is 320 g/mol. The van der Waals surface area contributed by atoms with Crippen molar-refractivity contribution in [3.8, 4) is 17.2 Å². The summed E-state index contributed by atoms with van der Waals surface area (Å²) < 4.78 is 15.9. The van der Waals surface area contributed by atoms with Gasteiger partial charge in [0.15, 0.2) is 11.5 Å². The number of anilines is 1. The summed E-state index contributed by atoms with van der Waals surface area (Å²) in [5.74, 6) is 1.73. The minimum absolute atomic E-state index is 0.0804. The van der Waals surface area contributed by atoms with Gasteiger partial charge in [-0.15, -0.1) is 0 Å². The Bertz CT molecular complexity index is 704. The monoisotopic (exact) mass is 344 g/mol. The Morgan fingerprint density at radius 2 is 1.56 bits per heavy atom. The summed E-state index contributed by atoms with van der Waals surface area (Å²) in [6, 6.07) is 13.3. The average Bonchev–Trinajstić information content (AvgIpc) is 2.66. The van der Waals surface area contributed by atoms with Crippen LogP contribution in [0.1, 0.15) is 5.56 Å². The average molecular weight is 344 g/mol. The summed E-state index contributed by atoms with van der Waals surface area (Å²) in [7, 11) is 6.60. The Hall–Kier alpha value is -2.89. The first-order valence-corrected chi connectivity index (χ1v) is 7.90. The summed E-state index contributed by atoms with van der Waals surface area (Å²) in [6.07, 6.45) is 0. The lowest BCUT2D eigenvalue weighted by atomic mass is 10.1. The number of para-hydroxylation sites is 1. The van der Waals surface area contributed by atoms with Crippen LogP contribution in [-0.2, 0) is 11.3 Å². The molecule has 0 bridgehead atoms. The van der Waals surface area contributed by atoms with E-state index in [9.17, 15) is 4.79 Å². The van der Waals surface area contributed by atoms with Gasteiger partial charge in [-0.25, -0.2) is 0 Å². The molecule has 0 saturated carbocycles. The fraction of sp³-hybridized carbons (Fsp3) is 0.316. The van der Waals surface area contributed by atoms with Crippen molar-refractivity contribution in [1.82, 2.24) is 5.32 Å². The van der Waals surface area contributed by atoms with E-state index in [2.05, 4.69) is 5.32 Å². The van der Waals surface area contributed by atoms with Gasteiger partial charge < -0.3 is 24.4 Å². The number of carbonyl (C=O) groups is 1. The van der Waals surface area contributed by atoms with E-state index in [-0.39, 0.29) is 12.5 Å². The van der Waals surface area contributed by atoms with Gasteiger partial charge in [0.25, 0.3) is 0 Å². The highest BCUT2D eigenvalue weighted by Gasteiger charge is 2.13. The number of benzene rings is 2. The predicted octanol–water partition coefficient (Wildman–Crippen LogP) is 2.47. The van der Waals surface area contributed by atoms with Crippen LogP contribution in [0.3, 0.4) is 0 Å². The highest BCUT2D eigenvalue weighted by atomic mass is 16.5. The van der Waals surface area contributed by atoms with E-state index < -0.39 is 0 Å². The van der Waals surface area contributed by atoms with E-state index in [1.807, 2.05) is 42.3 Å². The van der Waals surface area contributed by atoms with Crippen molar-refractivity contribution < 1.29 is 19.0 Å². The molecule has 0 atom stereocenters. The summed E-state index contributed by atoms with van der Waals surface area (Å²) >= 11 is 0. The third kappa shape index (κ3) is 4.79. The molecule has 0 spiro atoms. The number of likely N-dealkylation sites (N-methyl/N-ethyl adjacent to an activating group) is 1. The number of nitrogens with zero attached hydrogens (tertiary/aromatic N) is 1. The summed E-state index contributed by atoms with van der Waals surface area (Å²) in [5.41, 5.74) is 1.80. The standard InChI is InChI=1S/C19H24N2O4/c1-21(15-8-6-5-7-9-15)13-19(22)20-12-14-10-17(24-3)18(25-4)11-16(14)23-2/h5-11H,12-13H2,1-4H3,(H,20,22). The number of hydrogen-bond donors (Lipinski definition) is 1. The number of rotatable bonds is 8. The van der Waals surface area contributed by atoms with Gasteiger partial charge in [0.05, 0.1) is 27.9 Å². The normalized spacial score (nSPS) is 10.1. The van der Waals surface area contributed by atoms with Crippen LogP contribution in [0.2, 0.25) is 0 Å². The molecule has 0 aliphatic carbocycles. The van der Waals surface area contributed by atoms with Gasteiger partial charge in [-0.2, -0.15) is 0 Å². The van der Waals surface area contributed by atoms with Gasteiger partial charge in [-0.05, 0) is 18.2 Å². The molecule has 0 aliphatic rings. The maximum atomic E-state index is 12.2. The zero-order valence-electron chi connectivity index (χ0n) is 15.0. The van der Waals surface area contributed by atoms with Crippen LogP contribution >= 0.6 is 0 Å². The van der Waals surface area contributed by atoms with E-state index in [0.29, 0.717) is 23.8 Å². The van der Waals surface area contributed by atoms with Crippen molar-refractivity contribution >= 4 is 11.6 Å². The van der Waals surface area contributed by atoms with Gasteiger partial charge >= 0.3 is 0 Å². The van der Waals surface area contributed by atoms with Crippen molar-refractivity contribution in [2.75, 3.05) is 39.8 Å². The predicted molar refractivity (Wildman–Crippen MR) is 97.7 cm³/mol. The second-order valence-electron chi connectivity index (χ2n) is 5.49. The molecule has 2 rings (SSSR count). The maximum absolute atomic E-state index is 12.2. The van der Waals surface area contributed by atoms with E-state index in [1.54, 1.807) is 33.5 Å². The molecule has 2 aromatic rings. The van der Waals surface area contributed by atoms with Gasteiger partial charge in [-0.1, -0.05) is 18.2 Å². The highest BCUT2D eigenvalue weighted by molar-refractivity contribution is 5.81. The molecule has 1 amide bonds.